The Morgan fingerprint density at radius 2 is 2.20 bits per heavy atom. The molecule has 3 aromatic rings. The van der Waals surface area contributed by atoms with Crippen molar-refractivity contribution >= 4 is 39.5 Å². The zero-order valence-corrected chi connectivity index (χ0v) is 18.6. The molecule has 0 unspecified atom stereocenters. The molecule has 1 aromatic carbocycles. The Morgan fingerprint density at radius 1 is 1.33 bits per heavy atom. The smallest absolute Gasteiger partial charge is 0.259 e. The third kappa shape index (κ3) is 4.45. The van der Waals surface area contributed by atoms with Gasteiger partial charge in [0.05, 0.1) is 30.6 Å². The molecule has 30 heavy (non-hydrogen) atoms. The van der Waals surface area contributed by atoms with Crippen LogP contribution in [0.3, 0.4) is 0 Å². The predicted octanol–water partition coefficient (Wildman–Crippen LogP) is 5.79. The number of fused-ring (bicyclic) bond motifs is 1. The number of carbonyl (C=O) groups is 1. The molecule has 156 valence electrons. The highest BCUT2D eigenvalue weighted by Crippen LogP contribution is 2.40. The van der Waals surface area contributed by atoms with E-state index >= 15 is 0 Å². The molecule has 2 N–H and O–H groups in total. The first-order valence-corrected chi connectivity index (χ1v) is 11.2. The molecular weight excluding hydrogens is 418 g/mol. The van der Waals surface area contributed by atoms with Crippen molar-refractivity contribution in [2.45, 2.75) is 32.7 Å². The third-order valence-corrected chi connectivity index (χ3v) is 6.75. The molecule has 0 saturated heterocycles. The maximum Gasteiger partial charge on any atom is 0.259 e. The average molecular weight is 442 g/mol. The zero-order chi connectivity index (χ0) is 21.1. The molecule has 1 amide bonds. The van der Waals surface area contributed by atoms with Crippen LogP contribution in [0.5, 0.6) is 5.75 Å². The number of benzene rings is 1. The van der Waals surface area contributed by atoms with Gasteiger partial charge >= 0.3 is 0 Å². The van der Waals surface area contributed by atoms with Crippen LogP contribution in [0, 0.1) is 5.92 Å². The van der Waals surface area contributed by atoms with E-state index in [1.807, 2.05) is 18.2 Å². The van der Waals surface area contributed by atoms with Gasteiger partial charge < -0.3 is 15.4 Å². The van der Waals surface area contributed by atoms with Gasteiger partial charge in [0.2, 0.25) is 0 Å². The lowest BCUT2D eigenvalue weighted by Gasteiger charge is -2.19. The van der Waals surface area contributed by atoms with Gasteiger partial charge in [-0.3, -0.25) is 9.78 Å². The van der Waals surface area contributed by atoms with Gasteiger partial charge in [-0.1, -0.05) is 24.6 Å². The number of thiophene rings is 1. The summed E-state index contributed by atoms with van der Waals surface area (Å²) in [5, 5.41) is 7.88. The number of aromatic nitrogens is 1. The second-order valence-electron chi connectivity index (χ2n) is 7.53. The van der Waals surface area contributed by atoms with Gasteiger partial charge in [-0.25, -0.2) is 0 Å². The number of methoxy groups -OCH3 is 1. The van der Waals surface area contributed by atoms with E-state index in [0.717, 1.165) is 41.1 Å². The van der Waals surface area contributed by atoms with Crippen LogP contribution in [0.4, 0.5) is 10.7 Å². The fourth-order valence-corrected chi connectivity index (χ4v) is 5.33. The van der Waals surface area contributed by atoms with E-state index in [2.05, 4.69) is 22.5 Å². The number of hydrogen-bond acceptors (Lipinski definition) is 5. The molecule has 1 aliphatic carbocycles. The largest absolute Gasteiger partial charge is 0.495 e. The summed E-state index contributed by atoms with van der Waals surface area (Å²) in [5.74, 6) is 1.06. The van der Waals surface area contributed by atoms with Gasteiger partial charge in [-0.15, -0.1) is 11.3 Å². The van der Waals surface area contributed by atoms with Crippen LogP contribution >= 0.6 is 22.9 Å². The lowest BCUT2D eigenvalue weighted by atomic mass is 9.88. The normalized spacial score (nSPS) is 15.4. The number of anilines is 2. The number of nitrogens with one attached hydrogen (secondary N) is 2. The summed E-state index contributed by atoms with van der Waals surface area (Å²) < 4.78 is 5.39. The van der Waals surface area contributed by atoms with Crippen molar-refractivity contribution in [3.63, 3.8) is 0 Å². The van der Waals surface area contributed by atoms with Crippen molar-refractivity contribution in [2.24, 2.45) is 5.92 Å². The van der Waals surface area contributed by atoms with Crippen LogP contribution in [0.25, 0.3) is 0 Å². The molecule has 0 radical (unpaired) electrons. The Bertz CT molecular complexity index is 1050. The zero-order valence-electron chi connectivity index (χ0n) is 17.0. The predicted molar refractivity (Wildman–Crippen MR) is 123 cm³/mol. The summed E-state index contributed by atoms with van der Waals surface area (Å²) in [4.78, 5) is 19.0. The fourth-order valence-electron chi connectivity index (χ4n) is 3.75. The van der Waals surface area contributed by atoms with E-state index in [9.17, 15) is 4.79 Å². The van der Waals surface area contributed by atoms with Crippen LogP contribution < -0.4 is 15.4 Å². The number of nitrogens with zero attached hydrogens (tertiary/aromatic N) is 1. The Labute approximate surface area is 185 Å². The SMILES string of the molecule is COc1ccc(Cl)cc1NC(=O)c1c(NCc2ccccn2)sc2c1CC[C@@H](C)C2. The van der Waals surface area contributed by atoms with E-state index in [1.54, 1.807) is 42.8 Å². The highest BCUT2D eigenvalue weighted by molar-refractivity contribution is 7.16. The van der Waals surface area contributed by atoms with Crippen molar-refractivity contribution in [3.05, 3.63) is 69.3 Å². The number of amides is 1. The van der Waals surface area contributed by atoms with Crippen molar-refractivity contribution in [2.75, 3.05) is 17.7 Å². The first-order chi connectivity index (χ1) is 14.5. The molecule has 0 saturated carbocycles. The lowest BCUT2D eigenvalue weighted by Crippen LogP contribution is -2.18. The molecule has 2 aromatic heterocycles. The topological polar surface area (TPSA) is 63.2 Å². The highest BCUT2D eigenvalue weighted by atomic mass is 35.5. The molecule has 4 rings (SSSR count). The van der Waals surface area contributed by atoms with Crippen LogP contribution in [-0.4, -0.2) is 18.0 Å². The summed E-state index contributed by atoms with van der Waals surface area (Å²) in [6.45, 7) is 2.83. The van der Waals surface area contributed by atoms with Gasteiger partial charge in [0.1, 0.15) is 10.8 Å². The Hall–Kier alpha value is -2.57. The second-order valence-corrected chi connectivity index (χ2v) is 9.07. The summed E-state index contributed by atoms with van der Waals surface area (Å²) in [7, 11) is 1.58. The minimum atomic E-state index is -0.147. The van der Waals surface area contributed by atoms with E-state index < -0.39 is 0 Å². The van der Waals surface area contributed by atoms with Gasteiger partial charge in [0.15, 0.2) is 0 Å². The first kappa shape index (κ1) is 20.7. The van der Waals surface area contributed by atoms with Crippen molar-refractivity contribution in [1.82, 2.24) is 4.98 Å². The standard InChI is InChI=1S/C23H24ClN3O2S/c1-14-6-8-17-20(11-14)30-23(26-13-16-5-3-4-10-25-16)21(17)22(28)27-18-12-15(24)7-9-19(18)29-2/h3-5,7,9-10,12,14,26H,6,8,11,13H2,1-2H3,(H,27,28)/t14-/m1/s1. The maximum atomic E-state index is 13.4. The first-order valence-electron chi connectivity index (χ1n) is 9.98. The summed E-state index contributed by atoms with van der Waals surface area (Å²) in [6, 6.07) is 11.0. The van der Waals surface area contributed by atoms with Gasteiger partial charge in [0.25, 0.3) is 5.91 Å². The fraction of sp³-hybridized carbons (Fsp3) is 0.304. The molecule has 7 heteroatoms. The number of carbonyl (C=O) groups excluding carboxylic acids is 1. The van der Waals surface area contributed by atoms with E-state index in [0.29, 0.717) is 28.9 Å². The van der Waals surface area contributed by atoms with E-state index in [4.69, 9.17) is 16.3 Å². The molecule has 0 aliphatic heterocycles. The quantitative estimate of drug-likeness (QED) is 0.507. The number of halogens is 1. The molecular formula is C23H24ClN3O2S. The van der Waals surface area contributed by atoms with Crippen molar-refractivity contribution in [3.8, 4) is 5.75 Å². The minimum absolute atomic E-state index is 0.147. The average Bonchev–Trinajstić information content (AvgIpc) is 3.10. The number of hydrogen-bond donors (Lipinski definition) is 2. The molecule has 2 heterocycles. The molecule has 0 fully saturated rings. The van der Waals surface area contributed by atoms with Crippen LogP contribution in [0.2, 0.25) is 5.02 Å². The number of pyridine rings is 1. The number of ether oxygens (including phenoxy) is 1. The Kier molecular flexibility index (Phi) is 6.25. The van der Waals surface area contributed by atoms with Crippen LogP contribution in [-0.2, 0) is 19.4 Å². The van der Waals surface area contributed by atoms with Gasteiger partial charge in [-0.2, -0.15) is 0 Å². The summed E-state index contributed by atoms with van der Waals surface area (Å²) >= 11 is 7.82. The third-order valence-electron chi connectivity index (χ3n) is 5.30. The second kappa shape index (κ2) is 9.06. The van der Waals surface area contributed by atoms with Crippen molar-refractivity contribution < 1.29 is 9.53 Å². The van der Waals surface area contributed by atoms with Crippen LogP contribution in [0.1, 0.15) is 39.8 Å². The molecule has 1 atom stereocenters. The molecule has 1 aliphatic rings. The molecule has 5 nitrogen and oxygen atoms in total. The lowest BCUT2D eigenvalue weighted by molar-refractivity contribution is 0.102. The Morgan fingerprint density at radius 3 is 2.97 bits per heavy atom. The van der Waals surface area contributed by atoms with Crippen LogP contribution in [0.15, 0.2) is 42.6 Å². The van der Waals surface area contributed by atoms with E-state index in [-0.39, 0.29) is 5.91 Å². The monoisotopic (exact) mass is 441 g/mol. The molecule has 0 spiro atoms. The van der Waals surface area contributed by atoms with Gasteiger partial charge in [-0.05, 0) is 61.1 Å². The maximum absolute atomic E-state index is 13.4. The van der Waals surface area contributed by atoms with E-state index in [1.165, 1.54) is 4.88 Å². The summed E-state index contributed by atoms with van der Waals surface area (Å²) in [5.41, 5.74) is 3.37. The Balaban J connectivity index is 1.65. The number of rotatable bonds is 6. The highest BCUT2D eigenvalue weighted by Gasteiger charge is 2.28. The van der Waals surface area contributed by atoms with Gasteiger partial charge in [0, 0.05) is 16.1 Å². The summed E-state index contributed by atoms with van der Waals surface area (Å²) in [6.07, 6.45) is 4.78. The molecule has 0 bridgehead atoms. The van der Waals surface area contributed by atoms with Crippen molar-refractivity contribution in [1.29, 1.82) is 0 Å². The minimum Gasteiger partial charge on any atom is -0.495 e.